The Bertz CT molecular complexity index is 1200. The number of benzene rings is 3. The second-order valence-corrected chi connectivity index (χ2v) is 10.6. The van der Waals surface area contributed by atoms with Crippen molar-refractivity contribution in [1.29, 1.82) is 0 Å². The van der Waals surface area contributed by atoms with Gasteiger partial charge in [-0.15, -0.1) is 0 Å². The van der Waals surface area contributed by atoms with Crippen molar-refractivity contribution in [3.63, 3.8) is 0 Å². The van der Waals surface area contributed by atoms with Crippen LogP contribution in [0.3, 0.4) is 0 Å². The van der Waals surface area contributed by atoms with E-state index >= 15 is 8.78 Å². The average molecular weight is 527 g/mol. The molecule has 1 nitrogen and oxygen atoms in total. The molecule has 0 N–H and O–H groups in total. The number of hydrogen-bond donors (Lipinski definition) is 0. The van der Waals surface area contributed by atoms with Gasteiger partial charge in [0, 0.05) is 11.1 Å². The van der Waals surface area contributed by atoms with Gasteiger partial charge in [-0.25, -0.2) is 13.2 Å². The van der Waals surface area contributed by atoms with Gasteiger partial charge in [-0.2, -0.15) is 4.39 Å². The molecule has 0 bridgehead atoms. The summed E-state index contributed by atoms with van der Waals surface area (Å²) in [6, 6.07) is 12.7. The van der Waals surface area contributed by atoms with Crippen LogP contribution in [0.1, 0.15) is 89.5 Å². The summed E-state index contributed by atoms with van der Waals surface area (Å²) in [5.41, 5.74) is 1.64. The van der Waals surface area contributed by atoms with E-state index in [-0.39, 0.29) is 22.8 Å². The van der Waals surface area contributed by atoms with Gasteiger partial charge in [0.2, 0.25) is 5.82 Å². The molecule has 0 amide bonds. The van der Waals surface area contributed by atoms with Crippen molar-refractivity contribution in [2.24, 2.45) is 5.92 Å². The highest BCUT2D eigenvalue weighted by Gasteiger charge is 2.26. The average Bonchev–Trinajstić information content (AvgIpc) is 2.93. The van der Waals surface area contributed by atoms with E-state index in [2.05, 4.69) is 13.8 Å². The van der Waals surface area contributed by atoms with Gasteiger partial charge in [0.15, 0.2) is 23.2 Å². The Labute approximate surface area is 224 Å². The molecule has 38 heavy (non-hydrogen) atoms. The fraction of sp³-hybridized carbons (Fsp3) is 0.455. The first-order valence-electron chi connectivity index (χ1n) is 14.1. The largest absolute Gasteiger partial charge is 0.490 e. The van der Waals surface area contributed by atoms with Crippen LogP contribution >= 0.6 is 0 Å². The maximum Gasteiger partial charge on any atom is 0.201 e. The molecule has 0 spiro atoms. The molecule has 0 aromatic heterocycles. The summed E-state index contributed by atoms with van der Waals surface area (Å²) in [4.78, 5) is 0. The minimum Gasteiger partial charge on any atom is -0.490 e. The first-order chi connectivity index (χ1) is 18.4. The van der Waals surface area contributed by atoms with Crippen molar-refractivity contribution < 1.29 is 22.3 Å². The lowest BCUT2D eigenvalue weighted by molar-refractivity contribution is 0.285. The number of ether oxygens (including phenoxy) is 1. The summed E-state index contributed by atoms with van der Waals surface area (Å²) in [5.74, 6) is -2.99. The Kier molecular flexibility index (Phi) is 9.87. The maximum atomic E-state index is 15.2. The third-order valence-corrected chi connectivity index (χ3v) is 7.90. The molecule has 204 valence electrons. The lowest BCUT2D eigenvalue weighted by atomic mass is 9.77. The molecular formula is C33H38F4O. The molecule has 1 aliphatic carbocycles. The zero-order valence-corrected chi connectivity index (χ0v) is 22.5. The minimum atomic E-state index is -1.02. The van der Waals surface area contributed by atoms with Crippen molar-refractivity contribution in [3.8, 4) is 28.0 Å². The van der Waals surface area contributed by atoms with Crippen LogP contribution in [0.4, 0.5) is 17.6 Å². The van der Waals surface area contributed by atoms with Gasteiger partial charge < -0.3 is 4.74 Å². The van der Waals surface area contributed by atoms with Gasteiger partial charge in [0.25, 0.3) is 0 Å². The number of unbranched alkanes of at least 4 members (excludes halogenated alkanes) is 3. The van der Waals surface area contributed by atoms with Crippen LogP contribution in [0, 0.1) is 29.2 Å². The van der Waals surface area contributed by atoms with Crippen molar-refractivity contribution in [3.05, 3.63) is 77.4 Å². The van der Waals surface area contributed by atoms with E-state index in [1.165, 1.54) is 18.6 Å². The summed E-state index contributed by atoms with van der Waals surface area (Å²) in [6.07, 6.45) is 10.2. The normalized spacial score (nSPS) is 17.5. The van der Waals surface area contributed by atoms with Crippen molar-refractivity contribution in [1.82, 2.24) is 0 Å². The highest BCUT2D eigenvalue weighted by atomic mass is 19.2. The fourth-order valence-electron chi connectivity index (χ4n) is 5.68. The third kappa shape index (κ3) is 6.42. The Morgan fingerprint density at radius 3 is 1.84 bits per heavy atom. The lowest BCUT2D eigenvalue weighted by Gasteiger charge is -2.29. The molecule has 0 heterocycles. The molecule has 3 aromatic carbocycles. The summed E-state index contributed by atoms with van der Waals surface area (Å²) in [5, 5.41) is 0. The molecule has 4 rings (SSSR count). The van der Waals surface area contributed by atoms with Crippen LogP contribution < -0.4 is 4.74 Å². The van der Waals surface area contributed by atoms with Gasteiger partial charge in [0.05, 0.1) is 6.61 Å². The Balaban J connectivity index is 1.47. The van der Waals surface area contributed by atoms with Crippen LogP contribution in [-0.2, 0) is 0 Å². The number of hydrogen-bond acceptors (Lipinski definition) is 1. The SMILES string of the molecule is CCCCCCOc1ccc(-c2ccc(-c3ccc(C4CCC(CCC)CC4)c(F)c3F)cc2)c(F)c1F. The predicted octanol–water partition coefficient (Wildman–Crippen LogP) is 10.6. The molecule has 0 atom stereocenters. The van der Waals surface area contributed by atoms with Gasteiger partial charge in [-0.3, -0.25) is 0 Å². The Morgan fingerprint density at radius 2 is 1.24 bits per heavy atom. The van der Waals surface area contributed by atoms with Gasteiger partial charge in [-0.1, -0.05) is 82.3 Å². The van der Waals surface area contributed by atoms with E-state index in [1.807, 2.05) is 0 Å². The highest BCUT2D eigenvalue weighted by Crippen LogP contribution is 2.40. The van der Waals surface area contributed by atoms with E-state index in [1.54, 1.807) is 36.4 Å². The molecule has 0 saturated heterocycles. The Morgan fingerprint density at radius 1 is 0.632 bits per heavy atom. The fourth-order valence-corrected chi connectivity index (χ4v) is 5.68. The second-order valence-electron chi connectivity index (χ2n) is 10.6. The quantitative estimate of drug-likeness (QED) is 0.178. The summed E-state index contributed by atoms with van der Waals surface area (Å²) in [6.45, 7) is 4.63. The number of halogens is 4. The predicted molar refractivity (Wildman–Crippen MR) is 146 cm³/mol. The minimum absolute atomic E-state index is 0.0511. The molecule has 0 radical (unpaired) electrons. The topological polar surface area (TPSA) is 9.23 Å². The van der Waals surface area contributed by atoms with E-state index in [0.717, 1.165) is 57.8 Å². The molecular weight excluding hydrogens is 488 g/mol. The van der Waals surface area contributed by atoms with E-state index in [9.17, 15) is 8.78 Å². The van der Waals surface area contributed by atoms with Gasteiger partial charge in [0.1, 0.15) is 0 Å². The van der Waals surface area contributed by atoms with Crippen molar-refractivity contribution >= 4 is 0 Å². The molecule has 3 aromatic rings. The monoisotopic (exact) mass is 526 g/mol. The zero-order chi connectivity index (χ0) is 27.1. The third-order valence-electron chi connectivity index (χ3n) is 7.90. The molecule has 1 fully saturated rings. The number of rotatable bonds is 11. The lowest BCUT2D eigenvalue weighted by Crippen LogP contribution is -2.14. The van der Waals surface area contributed by atoms with Crippen LogP contribution in [0.25, 0.3) is 22.3 Å². The van der Waals surface area contributed by atoms with Crippen molar-refractivity contribution in [2.75, 3.05) is 6.61 Å². The smallest absolute Gasteiger partial charge is 0.201 e. The van der Waals surface area contributed by atoms with Crippen LogP contribution in [0.5, 0.6) is 5.75 Å². The molecule has 1 aliphatic rings. The standard InChI is InChI=1S/C33H38F4O/c1-3-5-6-7-21-38-29-20-19-28(32(36)33(29)37)25-15-13-24(14-16-25)27-18-17-26(30(34)31(27)35)23-11-9-22(8-4-2)10-12-23/h13-20,22-23H,3-12,21H2,1-2H3. The second kappa shape index (κ2) is 13.3. The first-order valence-corrected chi connectivity index (χ1v) is 14.1. The van der Waals surface area contributed by atoms with E-state index in [0.29, 0.717) is 29.2 Å². The van der Waals surface area contributed by atoms with E-state index < -0.39 is 23.3 Å². The molecule has 0 unspecified atom stereocenters. The van der Waals surface area contributed by atoms with Crippen LogP contribution in [0.15, 0.2) is 48.5 Å². The van der Waals surface area contributed by atoms with E-state index in [4.69, 9.17) is 4.74 Å². The zero-order valence-electron chi connectivity index (χ0n) is 22.5. The van der Waals surface area contributed by atoms with Gasteiger partial charge >= 0.3 is 0 Å². The highest BCUT2D eigenvalue weighted by molar-refractivity contribution is 5.72. The summed E-state index contributed by atoms with van der Waals surface area (Å²) < 4.78 is 65.2. The summed E-state index contributed by atoms with van der Waals surface area (Å²) >= 11 is 0. The van der Waals surface area contributed by atoms with Crippen LogP contribution in [0.2, 0.25) is 0 Å². The van der Waals surface area contributed by atoms with Gasteiger partial charge in [-0.05, 0) is 72.8 Å². The molecule has 5 heteroatoms. The molecule has 1 saturated carbocycles. The summed E-state index contributed by atoms with van der Waals surface area (Å²) in [7, 11) is 0. The first kappa shape index (κ1) is 28.2. The van der Waals surface area contributed by atoms with Crippen molar-refractivity contribution in [2.45, 2.75) is 84.0 Å². The van der Waals surface area contributed by atoms with Crippen LogP contribution in [-0.4, -0.2) is 6.61 Å². The maximum absolute atomic E-state index is 15.2. The Hall–Kier alpha value is -2.82. The molecule has 0 aliphatic heterocycles.